The Bertz CT molecular complexity index is 1030. The van der Waals surface area contributed by atoms with Gasteiger partial charge in [-0.25, -0.2) is 12.8 Å². The summed E-state index contributed by atoms with van der Waals surface area (Å²) in [5, 5.41) is 3.07. The SMILES string of the molecule is Cc1c(Cl)cccc1NC(=O)c1cc(S(=O)(=O)N2C[C@H](C)C[C@@H](C)C2)ccc1F. The van der Waals surface area contributed by atoms with Crippen molar-refractivity contribution in [2.75, 3.05) is 18.4 Å². The van der Waals surface area contributed by atoms with E-state index in [0.29, 0.717) is 29.4 Å². The fraction of sp³-hybridized carbons (Fsp3) is 0.381. The summed E-state index contributed by atoms with van der Waals surface area (Å²) in [6.07, 6.45) is 0.960. The summed E-state index contributed by atoms with van der Waals surface area (Å²) >= 11 is 6.06. The third-order valence-corrected chi connectivity index (χ3v) is 7.41. The Hall–Kier alpha value is -1.96. The molecule has 5 nitrogen and oxygen atoms in total. The molecule has 0 saturated carbocycles. The van der Waals surface area contributed by atoms with Gasteiger partial charge < -0.3 is 5.32 Å². The molecule has 1 aliphatic heterocycles. The Balaban J connectivity index is 1.91. The smallest absolute Gasteiger partial charge is 0.258 e. The highest BCUT2D eigenvalue weighted by molar-refractivity contribution is 7.89. The van der Waals surface area contributed by atoms with Crippen molar-refractivity contribution in [1.82, 2.24) is 4.31 Å². The molecule has 156 valence electrons. The second-order valence-electron chi connectivity index (χ2n) is 7.78. The van der Waals surface area contributed by atoms with E-state index in [0.717, 1.165) is 18.6 Å². The molecule has 2 aromatic rings. The van der Waals surface area contributed by atoms with Crippen LogP contribution in [0.2, 0.25) is 5.02 Å². The molecule has 0 radical (unpaired) electrons. The lowest BCUT2D eigenvalue weighted by molar-refractivity contribution is 0.102. The van der Waals surface area contributed by atoms with Gasteiger partial charge in [0.15, 0.2) is 0 Å². The molecular formula is C21H24ClFN2O3S. The average Bonchev–Trinajstić information content (AvgIpc) is 2.64. The minimum atomic E-state index is -3.82. The maximum Gasteiger partial charge on any atom is 0.258 e. The van der Waals surface area contributed by atoms with Crippen LogP contribution in [-0.2, 0) is 10.0 Å². The highest BCUT2D eigenvalue weighted by atomic mass is 35.5. The van der Waals surface area contributed by atoms with E-state index < -0.39 is 21.7 Å². The van der Waals surface area contributed by atoms with Crippen molar-refractivity contribution < 1.29 is 17.6 Å². The molecule has 1 saturated heterocycles. The lowest BCUT2D eigenvalue weighted by atomic mass is 9.94. The fourth-order valence-electron chi connectivity index (χ4n) is 3.72. The van der Waals surface area contributed by atoms with Crippen molar-refractivity contribution in [3.05, 3.63) is 58.4 Å². The second kappa shape index (κ2) is 8.42. The maximum absolute atomic E-state index is 14.4. The third-order valence-electron chi connectivity index (χ3n) is 5.17. The van der Waals surface area contributed by atoms with Crippen LogP contribution in [0, 0.1) is 24.6 Å². The van der Waals surface area contributed by atoms with Gasteiger partial charge in [-0.15, -0.1) is 0 Å². The van der Waals surface area contributed by atoms with Gasteiger partial charge in [-0.3, -0.25) is 4.79 Å². The monoisotopic (exact) mass is 438 g/mol. The number of amides is 1. The molecule has 8 heteroatoms. The predicted octanol–water partition coefficient (Wildman–Crippen LogP) is 4.71. The lowest BCUT2D eigenvalue weighted by Gasteiger charge is -2.34. The summed E-state index contributed by atoms with van der Waals surface area (Å²) in [5.74, 6) is -1.04. The van der Waals surface area contributed by atoms with Crippen LogP contribution in [0.4, 0.5) is 10.1 Å². The van der Waals surface area contributed by atoms with Crippen LogP contribution in [0.5, 0.6) is 0 Å². The Labute approximate surface area is 175 Å². The number of halogens is 2. The summed E-state index contributed by atoms with van der Waals surface area (Å²) < 4.78 is 41.9. The zero-order valence-corrected chi connectivity index (χ0v) is 18.1. The van der Waals surface area contributed by atoms with E-state index in [9.17, 15) is 17.6 Å². The van der Waals surface area contributed by atoms with Crippen molar-refractivity contribution in [2.45, 2.75) is 32.1 Å². The molecule has 2 atom stereocenters. The maximum atomic E-state index is 14.4. The van der Waals surface area contributed by atoms with E-state index in [1.807, 2.05) is 13.8 Å². The molecule has 1 fully saturated rings. The van der Waals surface area contributed by atoms with E-state index in [1.54, 1.807) is 25.1 Å². The summed E-state index contributed by atoms with van der Waals surface area (Å²) in [6, 6.07) is 8.32. The largest absolute Gasteiger partial charge is 0.322 e. The van der Waals surface area contributed by atoms with E-state index in [2.05, 4.69) is 5.32 Å². The van der Waals surface area contributed by atoms with Gasteiger partial charge in [-0.05, 0) is 61.1 Å². The Kier molecular flexibility index (Phi) is 6.31. The number of anilines is 1. The molecule has 1 N–H and O–H groups in total. The highest BCUT2D eigenvalue weighted by Crippen LogP contribution is 2.28. The fourth-order valence-corrected chi connectivity index (χ4v) is 5.60. The van der Waals surface area contributed by atoms with Gasteiger partial charge in [0.05, 0.1) is 10.5 Å². The number of benzene rings is 2. The minimum Gasteiger partial charge on any atom is -0.322 e. The van der Waals surface area contributed by atoms with Gasteiger partial charge in [-0.1, -0.05) is 31.5 Å². The van der Waals surface area contributed by atoms with Crippen LogP contribution in [-0.4, -0.2) is 31.7 Å². The Morgan fingerprint density at radius 2 is 1.83 bits per heavy atom. The summed E-state index contributed by atoms with van der Waals surface area (Å²) in [5.41, 5.74) is 0.750. The van der Waals surface area contributed by atoms with Crippen molar-refractivity contribution in [2.24, 2.45) is 11.8 Å². The lowest BCUT2D eigenvalue weighted by Crippen LogP contribution is -2.42. The third kappa shape index (κ3) is 4.63. The molecular weight excluding hydrogens is 415 g/mol. The van der Waals surface area contributed by atoms with Crippen LogP contribution in [0.1, 0.15) is 36.2 Å². The molecule has 1 aliphatic rings. The molecule has 1 amide bonds. The van der Waals surface area contributed by atoms with E-state index >= 15 is 0 Å². The number of nitrogens with zero attached hydrogens (tertiary/aromatic N) is 1. The van der Waals surface area contributed by atoms with Crippen LogP contribution in [0.25, 0.3) is 0 Å². The van der Waals surface area contributed by atoms with Crippen molar-refractivity contribution in [1.29, 1.82) is 0 Å². The summed E-state index contributed by atoms with van der Waals surface area (Å²) in [4.78, 5) is 12.6. The Morgan fingerprint density at radius 1 is 1.17 bits per heavy atom. The normalized spacial score (nSPS) is 20.4. The number of carbonyl (C=O) groups is 1. The summed E-state index contributed by atoms with van der Waals surface area (Å²) in [6.45, 7) is 6.57. The van der Waals surface area contributed by atoms with Crippen LogP contribution in [0.3, 0.4) is 0 Å². The zero-order valence-electron chi connectivity index (χ0n) is 16.6. The minimum absolute atomic E-state index is 0.0897. The summed E-state index contributed by atoms with van der Waals surface area (Å²) in [7, 11) is -3.82. The number of sulfonamides is 1. The highest BCUT2D eigenvalue weighted by Gasteiger charge is 2.32. The number of piperidine rings is 1. The molecule has 0 bridgehead atoms. The van der Waals surface area contributed by atoms with Crippen LogP contribution >= 0.6 is 11.6 Å². The van der Waals surface area contributed by atoms with E-state index in [4.69, 9.17) is 11.6 Å². The van der Waals surface area contributed by atoms with Gasteiger partial charge in [-0.2, -0.15) is 4.31 Å². The Morgan fingerprint density at radius 3 is 2.48 bits per heavy atom. The van der Waals surface area contributed by atoms with Crippen molar-refractivity contribution in [3.8, 4) is 0 Å². The molecule has 2 aromatic carbocycles. The molecule has 3 rings (SSSR count). The predicted molar refractivity (Wildman–Crippen MR) is 112 cm³/mol. The van der Waals surface area contributed by atoms with Crippen LogP contribution < -0.4 is 5.32 Å². The number of hydrogen-bond donors (Lipinski definition) is 1. The number of rotatable bonds is 4. The number of carbonyl (C=O) groups excluding carboxylic acids is 1. The van der Waals surface area contributed by atoms with Gasteiger partial charge in [0.2, 0.25) is 10.0 Å². The first kappa shape index (κ1) is 21.7. The first-order valence-electron chi connectivity index (χ1n) is 9.45. The van der Waals surface area contributed by atoms with Gasteiger partial charge >= 0.3 is 0 Å². The second-order valence-corrected chi connectivity index (χ2v) is 10.1. The number of hydrogen-bond acceptors (Lipinski definition) is 3. The first-order valence-corrected chi connectivity index (χ1v) is 11.3. The molecule has 0 unspecified atom stereocenters. The number of nitrogens with one attached hydrogen (secondary N) is 1. The quantitative estimate of drug-likeness (QED) is 0.751. The van der Waals surface area contributed by atoms with Crippen molar-refractivity contribution in [3.63, 3.8) is 0 Å². The van der Waals surface area contributed by atoms with Crippen molar-refractivity contribution >= 4 is 33.2 Å². The van der Waals surface area contributed by atoms with E-state index in [-0.39, 0.29) is 22.3 Å². The molecule has 0 aromatic heterocycles. The van der Waals surface area contributed by atoms with Gasteiger partial charge in [0.25, 0.3) is 5.91 Å². The van der Waals surface area contributed by atoms with Crippen LogP contribution in [0.15, 0.2) is 41.3 Å². The average molecular weight is 439 g/mol. The molecule has 1 heterocycles. The zero-order chi connectivity index (χ0) is 21.3. The molecule has 0 aliphatic carbocycles. The van der Waals surface area contributed by atoms with E-state index in [1.165, 1.54) is 10.4 Å². The van der Waals surface area contributed by atoms with Gasteiger partial charge in [0, 0.05) is 23.8 Å². The standard InChI is InChI=1S/C21H24ClFN2O3S/c1-13-9-14(2)12-25(11-13)29(27,28)16-7-8-19(23)17(10-16)21(26)24-20-6-4-5-18(22)15(20)3/h4-8,10,13-14H,9,11-12H2,1-3H3,(H,24,26)/t13-,14-/m1/s1. The first-order chi connectivity index (χ1) is 13.6. The topological polar surface area (TPSA) is 66.5 Å². The molecule has 0 spiro atoms. The molecule has 29 heavy (non-hydrogen) atoms. The van der Waals surface area contributed by atoms with Gasteiger partial charge in [0.1, 0.15) is 5.82 Å².